The molecule has 3 N–H and O–H groups in total. The van der Waals surface area contributed by atoms with Gasteiger partial charge in [-0.1, -0.05) is 29.5 Å². The number of nitrogen functional groups attached to an aromatic ring is 1. The number of aromatic nitrogens is 1. The van der Waals surface area contributed by atoms with Gasteiger partial charge < -0.3 is 15.6 Å². The van der Waals surface area contributed by atoms with Crippen molar-refractivity contribution in [1.29, 1.82) is 0 Å². The number of thiazole rings is 1. The molecule has 1 heterocycles. The highest BCUT2D eigenvalue weighted by Gasteiger charge is 2.31. The number of nitrogens with two attached hydrogens (primary N) is 1. The van der Waals surface area contributed by atoms with Crippen LogP contribution in [0.15, 0.2) is 48.5 Å². The second-order valence-electron chi connectivity index (χ2n) is 4.40. The summed E-state index contributed by atoms with van der Waals surface area (Å²) < 4.78 is 40.0. The summed E-state index contributed by atoms with van der Waals surface area (Å²) in [6.45, 7) is 0. The molecular weight excluding hydrogens is 345 g/mol. The lowest BCUT2D eigenvalue weighted by molar-refractivity contribution is -0.274. The van der Waals surface area contributed by atoms with Gasteiger partial charge in [0.1, 0.15) is 5.75 Å². The molecule has 1 aromatic heterocycles. The predicted octanol–water partition coefficient (Wildman–Crippen LogP) is 4.16. The molecule has 5 nitrogen and oxygen atoms in total. The zero-order valence-electron chi connectivity index (χ0n) is 11.9. The van der Waals surface area contributed by atoms with E-state index < -0.39 is 12.3 Å². The smallest absolute Gasteiger partial charge is 0.478 e. The van der Waals surface area contributed by atoms with Crippen LogP contribution in [0, 0.1) is 0 Å². The summed E-state index contributed by atoms with van der Waals surface area (Å²) in [4.78, 5) is 14.1. The fraction of sp³-hybridized carbons (Fsp3) is 0.0667. The number of carboxylic acid groups (broad SMARTS) is 1. The normalized spacial score (nSPS) is 10.8. The van der Waals surface area contributed by atoms with E-state index in [4.69, 9.17) is 10.8 Å². The van der Waals surface area contributed by atoms with Crippen LogP contribution >= 0.6 is 11.3 Å². The number of benzene rings is 2. The zero-order valence-corrected chi connectivity index (χ0v) is 12.8. The number of nitrogens with zero attached hydrogens (tertiary/aromatic N) is 1. The standard InChI is InChI=1S/C8H5F3N2OS.C7H6O2/c9-8(10,11)14-4-1-2-5-6(3-4)15-7(12)13-5;8-7(9)6-4-2-1-3-5-6/h1-3H,(H2,12,13);1-5H,(H,8,9). The Morgan fingerprint density at radius 3 is 2.38 bits per heavy atom. The van der Waals surface area contributed by atoms with Crippen molar-refractivity contribution in [3.8, 4) is 5.75 Å². The third-order valence-electron chi connectivity index (χ3n) is 2.63. The Morgan fingerprint density at radius 1 is 1.17 bits per heavy atom. The van der Waals surface area contributed by atoms with E-state index in [9.17, 15) is 18.0 Å². The Hall–Kier alpha value is -2.81. The van der Waals surface area contributed by atoms with E-state index in [0.717, 1.165) is 11.3 Å². The van der Waals surface area contributed by atoms with Crippen LogP contribution in [0.1, 0.15) is 10.4 Å². The van der Waals surface area contributed by atoms with Crippen molar-refractivity contribution in [2.75, 3.05) is 5.73 Å². The number of fused-ring (bicyclic) bond motifs is 1. The van der Waals surface area contributed by atoms with Gasteiger partial charge in [0.25, 0.3) is 0 Å². The molecule has 0 spiro atoms. The molecule has 0 fully saturated rings. The Kier molecular flexibility index (Phi) is 5.24. The van der Waals surface area contributed by atoms with Gasteiger partial charge in [0.2, 0.25) is 0 Å². The molecule has 0 saturated carbocycles. The lowest BCUT2D eigenvalue weighted by Gasteiger charge is -2.07. The SMILES string of the molecule is Nc1nc2ccc(OC(F)(F)F)cc2s1.O=C(O)c1ccccc1. The summed E-state index contributed by atoms with van der Waals surface area (Å²) in [5.41, 5.74) is 6.31. The van der Waals surface area contributed by atoms with Gasteiger partial charge in [0.05, 0.1) is 15.8 Å². The minimum atomic E-state index is -4.68. The van der Waals surface area contributed by atoms with E-state index in [0.29, 0.717) is 20.9 Å². The van der Waals surface area contributed by atoms with Gasteiger partial charge in [0, 0.05) is 6.07 Å². The van der Waals surface area contributed by atoms with Crippen molar-refractivity contribution in [3.63, 3.8) is 0 Å². The number of ether oxygens (including phenoxy) is 1. The average Bonchev–Trinajstić information content (AvgIpc) is 2.86. The summed E-state index contributed by atoms with van der Waals surface area (Å²) >= 11 is 1.11. The molecule has 0 unspecified atom stereocenters. The fourth-order valence-electron chi connectivity index (χ4n) is 1.70. The van der Waals surface area contributed by atoms with Crippen LogP contribution < -0.4 is 10.5 Å². The average molecular weight is 356 g/mol. The summed E-state index contributed by atoms with van der Waals surface area (Å²) in [6.07, 6.45) is -4.68. The second-order valence-corrected chi connectivity index (χ2v) is 5.46. The van der Waals surface area contributed by atoms with Crippen molar-refractivity contribution in [3.05, 3.63) is 54.1 Å². The molecule has 0 aliphatic rings. The van der Waals surface area contributed by atoms with Crippen molar-refractivity contribution in [2.45, 2.75) is 6.36 Å². The van der Waals surface area contributed by atoms with Crippen LogP contribution in [0.4, 0.5) is 18.3 Å². The number of hydrogen-bond acceptors (Lipinski definition) is 5. The predicted molar refractivity (Wildman–Crippen MR) is 84.1 cm³/mol. The van der Waals surface area contributed by atoms with Crippen LogP contribution in [0.5, 0.6) is 5.75 Å². The molecule has 3 aromatic rings. The van der Waals surface area contributed by atoms with E-state index in [1.807, 2.05) is 0 Å². The van der Waals surface area contributed by atoms with E-state index in [1.54, 1.807) is 30.3 Å². The summed E-state index contributed by atoms with van der Waals surface area (Å²) in [5.74, 6) is -1.14. The lowest BCUT2D eigenvalue weighted by Crippen LogP contribution is -2.16. The number of carboxylic acids is 1. The highest BCUT2D eigenvalue weighted by Crippen LogP contribution is 2.30. The molecule has 2 aromatic carbocycles. The Labute approximate surface area is 138 Å². The topological polar surface area (TPSA) is 85.4 Å². The van der Waals surface area contributed by atoms with Gasteiger partial charge in [-0.2, -0.15) is 0 Å². The Morgan fingerprint density at radius 2 is 1.83 bits per heavy atom. The molecule has 126 valence electrons. The van der Waals surface area contributed by atoms with E-state index >= 15 is 0 Å². The number of rotatable bonds is 2. The highest BCUT2D eigenvalue weighted by molar-refractivity contribution is 7.22. The van der Waals surface area contributed by atoms with Gasteiger partial charge in [-0.25, -0.2) is 9.78 Å². The number of alkyl halides is 3. The maximum absolute atomic E-state index is 11.9. The molecule has 0 saturated heterocycles. The first-order valence-electron chi connectivity index (χ1n) is 6.45. The van der Waals surface area contributed by atoms with Crippen LogP contribution in [0.3, 0.4) is 0 Å². The maximum Gasteiger partial charge on any atom is 0.573 e. The molecule has 0 bridgehead atoms. The van der Waals surface area contributed by atoms with Crippen molar-refractivity contribution in [1.82, 2.24) is 4.98 Å². The molecule has 0 aliphatic heterocycles. The van der Waals surface area contributed by atoms with Crippen LogP contribution in [-0.2, 0) is 0 Å². The van der Waals surface area contributed by atoms with Crippen molar-refractivity contribution in [2.24, 2.45) is 0 Å². The molecule has 0 amide bonds. The Balaban J connectivity index is 0.000000198. The van der Waals surface area contributed by atoms with Gasteiger partial charge in [-0.15, -0.1) is 13.2 Å². The maximum atomic E-state index is 11.9. The molecule has 0 radical (unpaired) electrons. The quantitative estimate of drug-likeness (QED) is 0.720. The third kappa shape index (κ3) is 5.13. The van der Waals surface area contributed by atoms with Crippen LogP contribution in [0.25, 0.3) is 10.2 Å². The van der Waals surface area contributed by atoms with Crippen LogP contribution in [-0.4, -0.2) is 22.4 Å². The molecular formula is C15H11F3N2O3S. The van der Waals surface area contributed by atoms with Gasteiger partial charge in [-0.05, 0) is 24.3 Å². The van der Waals surface area contributed by atoms with Gasteiger partial charge in [0.15, 0.2) is 5.13 Å². The number of anilines is 1. The molecule has 0 atom stereocenters. The molecule has 0 aliphatic carbocycles. The number of aromatic carboxylic acids is 1. The first kappa shape index (κ1) is 17.5. The number of halogens is 3. The fourth-order valence-corrected chi connectivity index (χ4v) is 2.46. The summed E-state index contributed by atoms with van der Waals surface area (Å²) in [6, 6.07) is 12.2. The lowest BCUT2D eigenvalue weighted by atomic mass is 10.2. The first-order chi connectivity index (χ1) is 11.2. The first-order valence-corrected chi connectivity index (χ1v) is 7.26. The third-order valence-corrected chi connectivity index (χ3v) is 3.48. The largest absolute Gasteiger partial charge is 0.573 e. The molecule has 9 heteroatoms. The monoisotopic (exact) mass is 356 g/mol. The van der Waals surface area contributed by atoms with E-state index in [1.165, 1.54) is 18.2 Å². The summed E-state index contributed by atoms with van der Waals surface area (Å²) in [5, 5.41) is 8.70. The number of hydrogen-bond donors (Lipinski definition) is 2. The van der Waals surface area contributed by atoms with Crippen molar-refractivity contribution < 1.29 is 27.8 Å². The van der Waals surface area contributed by atoms with Gasteiger partial charge in [-0.3, -0.25) is 0 Å². The summed E-state index contributed by atoms with van der Waals surface area (Å²) in [7, 11) is 0. The Bertz CT molecular complexity index is 835. The second kappa shape index (κ2) is 7.18. The van der Waals surface area contributed by atoms with Crippen molar-refractivity contribution >= 4 is 32.7 Å². The zero-order chi connectivity index (χ0) is 17.7. The minimum absolute atomic E-state index is 0.265. The highest BCUT2D eigenvalue weighted by atomic mass is 32.1. The van der Waals surface area contributed by atoms with Gasteiger partial charge >= 0.3 is 12.3 Å². The molecule has 3 rings (SSSR count). The minimum Gasteiger partial charge on any atom is -0.478 e. The van der Waals surface area contributed by atoms with E-state index in [2.05, 4.69) is 9.72 Å². The van der Waals surface area contributed by atoms with E-state index in [-0.39, 0.29) is 5.75 Å². The molecule has 24 heavy (non-hydrogen) atoms. The number of carbonyl (C=O) groups is 1. The van der Waals surface area contributed by atoms with Crippen LogP contribution in [0.2, 0.25) is 0 Å².